The highest BCUT2D eigenvalue weighted by Gasteiger charge is 2.13. The fourth-order valence-corrected chi connectivity index (χ4v) is 2.25. The Hall–Kier alpha value is -1.98. The van der Waals surface area contributed by atoms with Crippen LogP contribution in [0.15, 0.2) is 42.5 Å². The first-order valence-corrected chi connectivity index (χ1v) is 7.47. The number of amides is 1. The lowest BCUT2D eigenvalue weighted by molar-refractivity contribution is -0.123. The molecule has 0 aliphatic carbocycles. The molecule has 1 amide bonds. The highest BCUT2D eigenvalue weighted by Crippen LogP contribution is 2.19. The third kappa shape index (κ3) is 5.30. The van der Waals surface area contributed by atoms with Crippen molar-refractivity contribution in [2.45, 2.75) is 18.9 Å². The fraction of sp³-hybridized carbons (Fsp3) is 0.235. The van der Waals surface area contributed by atoms with Crippen LogP contribution < -0.4 is 5.32 Å². The van der Waals surface area contributed by atoms with Gasteiger partial charge in [0, 0.05) is 11.6 Å². The Balaban J connectivity index is 1.81. The van der Waals surface area contributed by atoms with E-state index in [2.05, 4.69) is 5.32 Å². The fourth-order valence-electron chi connectivity index (χ4n) is 2.12. The van der Waals surface area contributed by atoms with Crippen molar-refractivity contribution in [2.75, 3.05) is 6.54 Å². The van der Waals surface area contributed by atoms with E-state index in [4.69, 9.17) is 11.6 Å². The number of hydrogen-bond donors (Lipinski definition) is 2. The van der Waals surface area contributed by atoms with E-state index in [1.165, 1.54) is 0 Å². The van der Waals surface area contributed by atoms with E-state index >= 15 is 0 Å². The molecule has 0 aliphatic heterocycles. The first kappa shape index (κ1) is 17.4. The predicted octanol–water partition coefficient (Wildman–Crippen LogP) is 3.40. The van der Waals surface area contributed by atoms with E-state index in [1.807, 2.05) is 0 Å². The molecular formula is C17H16ClF2NO2. The second-order valence-corrected chi connectivity index (χ2v) is 5.54. The average Bonchev–Trinajstić information content (AvgIpc) is 2.51. The summed E-state index contributed by atoms with van der Waals surface area (Å²) in [5, 5.41) is 13.1. The largest absolute Gasteiger partial charge is 0.388 e. The second-order valence-electron chi connectivity index (χ2n) is 5.11. The van der Waals surface area contributed by atoms with Crippen molar-refractivity contribution in [3.63, 3.8) is 0 Å². The lowest BCUT2D eigenvalue weighted by atomic mass is 10.1. The number of rotatable bonds is 6. The van der Waals surface area contributed by atoms with Crippen molar-refractivity contribution in [1.29, 1.82) is 0 Å². The van der Waals surface area contributed by atoms with Crippen LogP contribution in [-0.2, 0) is 11.2 Å². The number of halogens is 3. The summed E-state index contributed by atoms with van der Waals surface area (Å²) in [7, 11) is 0. The van der Waals surface area contributed by atoms with Gasteiger partial charge >= 0.3 is 0 Å². The monoisotopic (exact) mass is 339 g/mol. The summed E-state index contributed by atoms with van der Waals surface area (Å²) in [5.41, 5.74) is 0.782. The lowest BCUT2D eigenvalue weighted by Gasteiger charge is -2.11. The molecule has 0 heterocycles. The maximum Gasteiger partial charge on any atom is 0.222 e. The van der Waals surface area contributed by atoms with Crippen LogP contribution in [0.3, 0.4) is 0 Å². The van der Waals surface area contributed by atoms with Crippen molar-refractivity contribution >= 4 is 17.5 Å². The Labute approximate surface area is 137 Å². The number of aliphatic hydroxyl groups excluding tert-OH is 1. The second kappa shape index (κ2) is 8.04. The van der Waals surface area contributed by atoms with Crippen molar-refractivity contribution in [3.8, 4) is 0 Å². The Kier molecular flexibility index (Phi) is 6.07. The van der Waals surface area contributed by atoms with E-state index in [0.717, 1.165) is 18.2 Å². The Morgan fingerprint density at radius 2 is 1.87 bits per heavy atom. The van der Waals surface area contributed by atoms with Crippen LogP contribution in [0.2, 0.25) is 5.02 Å². The van der Waals surface area contributed by atoms with Crippen LogP contribution in [-0.4, -0.2) is 17.6 Å². The molecule has 0 saturated carbocycles. The van der Waals surface area contributed by atoms with Crippen molar-refractivity contribution in [2.24, 2.45) is 0 Å². The molecule has 2 rings (SSSR count). The van der Waals surface area contributed by atoms with Crippen molar-refractivity contribution < 1.29 is 18.7 Å². The van der Waals surface area contributed by atoms with Gasteiger partial charge in [0.15, 0.2) is 0 Å². The molecule has 2 aromatic rings. The van der Waals surface area contributed by atoms with Crippen molar-refractivity contribution in [3.05, 3.63) is 70.2 Å². The molecule has 0 aliphatic rings. The van der Waals surface area contributed by atoms with Gasteiger partial charge in [0.25, 0.3) is 0 Å². The van der Waals surface area contributed by atoms with Crippen LogP contribution in [0.5, 0.6) is 0 Å². The summed E-state index contributed by atoms with van der Waals surface area (Å²) in [6.07, 6.45) is -0.891. The van der Waals surface area contributed by atoms with Gasteiger partial charge < -0.3 is 10.4 Å². The van der Waals surface area contributed by atoms with E-state index in [1.54, 1.807) is 24.3 Å². The first-order chi connectivity index (χ1) is 11.0. The molecule has 2 N–H and O–H groups in total. The van der Waals surface area contributed by atoms with Crippen LogP contribution in [0.4, 0.5) is 8.78 Å². The maximum absolute atomic E-state index is 13.4. The molecule has 0 aromatic heterocycles. The van der Waals surface area contributed by atoms with Gasteiger partial charge in [0.2, 0.25) is 5.91 Å². The van der Waals surface area contributed by atoms with E-state index in [-0.39, 0.29) is 30.9 Å². The number of hydrogen-bond acceptors (Lipinski definition) is 2. The van der Waals surface area contributed by atoms with Gasteiger partial charge in [-0.05, 0) is 47.9 Å². The smallest absolute Gasteiger partial charge is 0.222 e. The lowest BCUT2D eigenvalue weighted by Crippen LogP contribution is -2.27. The van der Waals surface area contributed by atoms with Crippen LogP contribution in [0.1, 0.15) is 23.7 Å². The van der Waals surface area contributed by atoms with Crippen molar-refractivity contribution in [1.82, 2.24) is 5.32 Å². The molecule has 23 heavy (non-hydrogen) atoms. The summed E-state index contributed by atoms with van der Waals surface area (Å²) in [4.78, 5) is 11.8. The van der Waals surface area contributed by atoms with Crippen LogP contribution in [0.25, 0.3) is 0 Å². The maximum atomic E-state index is 13.4. The zero-order valence-corrected chi connectivity index (χ0v) is 13.0. The zero-order chi connectivity index (χ0) is 16.8. The van der Waals surface area contributed by atoms with Gasteiger partial charge in [-0.1, -0.05) is 23.7 Å². The van der Waals surface area contributed by atoms with Gasteiger partial charge in [-0.15, -0.1) is 0 Å². The molecule has 0 radical (unpaired) electrons. The van der Waals surface area contributed by atoms with E-state index in [9.17, 15) is 18.7 Å². The third-order valence-corrected chi connectivity index (χ3v) is 3.61. The Bertz CT molecular complexity index is 677. The Morgan fingerprint density at radius 3 is 2.57 bits per heavy atom. The minimum Gasteiger partial charge on any atom is -0.388 e. The highest BCUT2D eigenvalue weighted by atomic mass is 35.5. The summed E-state index contributed by atoms with van der Waals surface area (Å²) in [6.45, 7) is 0.159. The van der Waals surface area contributed by atoms with E-state index < -0.39 is 17.7 Å². The molecule has 1 unspecified atom stereocenters. The number of benzene rings is 2. The standard InChI is InChI=1S/C17H16ClF2NO2/c18-13-3-1-11(2-4-13)16(22)10-17(23)21-8-7-12-9-14(19)5-6-15(12)20/h1-6,9,16,22H,7-8,10H2,(H,21,23). The summed E-state index contributed by atoms with van der Waals surface area (Å²) in [6, 6.07) is 9.74. The number of nitrogens with one attached hydrogen (secondary N) is 1. The highest BCUT2D eigenvalue weighted by molar-refractivity contribution is 6.30. The normalized spacial score (nSPS) is 12.0. The molecular weight excluding hydrogens is 324 g/mol. The SMILES string of the molecule is O=C(CC(O)c1ccc(Cl)cc1)NCCc1cc(F)ccc1F. The van der Waals surface area contributed by atoms with Crippen LogP contribution >= 0.6 is 11.6 Å². The molecule has 0 bridgehead atoms. The first-order valence-electron chi connectivity index (χ1n) is 7.10. The molecule has 2 aromatic carbocycles. The van der Waals surface area contributed by atoms with E-state index in [0.29, 0.717) is 10.6 Å². The molecule has 0 saturated heterocycles. The molecule has 122 valence electrons. The molecule has 0 spiro atoms. The van der Waals surface area contributed by atoms with Gasteiger partial charge in [-0.25, -0.2) is 8.78 Å². The summed E-state index contributed by atoms with van der Waals surface area (Å²) >= 11 is 5.75. The molecule has 1 atom stereocenters. The van der Waals surface area contributed by atoms with Gasteiger partial charge in [-0.3, -0.25) is 4.79 Å². The molecule has 6 heteroatoms. The number of carbonyl (C=O) groups is 1. The topological polar surface area (TPSA) is 49.3 Å². The van der Waals surface area contributed by atoms with Gasteiger partial charge in [-0.2, -0.15) is 0 Å². The van der Waals surface area contributed by atoms with Gasteiger partial charge in [0.05, 0.1) is 12.5 Å². The van der Waals surface area contributed by atoms with Gasteiger partial charge in [0.1, 0.15) is 11.6 Å². The molecule has 3 nitrogen and oxygen atoms in total. The summed E-state index contributed by atoms with van der Waals surface area (Å²) < 4.78 is 26.5. The average molecular weight is 340 g/mol. The quantitative estimate of drug-likeness (QED) is 0.847. The predicted molar refractivity (Wildman–Crippen MR) is 84.1 cm³/mol. The third-order valence-electron chi connectivity index (χ3n) is 3.36. The summed E-state index contributed by atoms with van der Waals surface area (Å²) in [5.74, 6) is -1.41. The van der Waals surface area contributed by atoms with Crippen LogP contribution in [0, 0.1) is 11.6 Å². The number of carbonyl (C=O) groups excluding carboxylic acids is 1. The minimum absolute atomic E-state index is 0.118. The zero-order valence-electron chi connectivity index (χ0n) is 12.2. The number of aliphatic hydroxyl groups is 1. The Morgan fingerprint density at radius 1 is 1.17 bits per heavy atom. The minimum atomic E-state index is -0.946. The molecule has 0 fully saturated rings.